The molecule has 0 N–H and O–H groups in total. The van der Waals surface area contributed by atoms with Crippen LogP contribution < -0.4 is 0 Å². The Bertz CT molecular complexity index is 442. The molecule has 0 aliphatic carbocycles. The molecule has 2 aliphatic heterocycles. The molecule has 116 valence electrons. The molecule has 2 heteroatoms. The molecule has 0 spiro atoms. The van der Waals surface area contributed by atoms with Crippen molar-refractivity contribution in [2.45, 2.75) is 58.5 Å². The Kier molecular flexibility index (Phi) is 4.97. The van der Waals surface area contributed by atoms with E-state index in [1.54, 1.807) is 0 Å². The van der Waals surface area contributed by atoms with E-state index in [9.17, 15) is 0 Å². The quantitative estimate of drug-likeness (QED) is 0.831. The molecule has 2 saturated heterocycles. The lowest BCUT2D eigenvalue weighted by atomic mass is 10.1. The number of hydrogen-bond donors (Lipinski definition) is 0. The zero-order valence-corrected chi connectivity index (χ0v) is 13.8. The van der Waals surface area contributed by atoms with E-state index in [1.165, 1.54) is 75.0 Å². The van der Waals surface area contributed by atoms with Crippen LogP contribution in [0.5, 0.6) is 0 Å². The number of benzene rings is 1. The Labute approximate surface area is 130 Å². The molecule has 2 heterocycles. The summed E-state index contributed by atoms with van der Waals surface area (Å²) < 4.78 is 0. The monoisotopic (exact) mass is 286 g/mol. The standard InChI is InChI=1S/C19H30N2/c1-16-11-17(2)13-18(12-16)14-21-10-6-7-19(21)15-20-8-4-3-5-9-20/h11-13,19H,3-10,14-15H2,1-2H3. The van der Waals surface area contributed by atoms with E-state index in [0.29, 0.717) is 0 Å². The van der Waals surface area contributed by atoms with Crippen molar-refractivity contribution < 1.29 is 0 Å². The van der Waals surface area contributed by atoms with Crippen LogP contribution >= 0.6 is 0 Å². The molecule has 1 aromatic rings. The van der Waals surface area contributed by atoms with Gasteiger partial charge in [-0.15, -0.1) is 0 Å². The second-order valence-electron chi connectivity index (χ2n) is 7.12. The van der Waals surface area contributed by atoms with Crippen LogP contribution in [-0.2, 0) is 6.54 Å². The van der Waals surface area contributed by atoms with Crippen LogP contribution in [-0.4, -0.2) is 42.0 Å². The molecule has 1 aromatic carbocycles. The van der Waals surface area contributed by atoms with Crippen molar-refractivity contribution in [1.29, 1.82) is 0 Å². The molecule has 0 amide bonds. The average Bonchev–Trinajstić information content (AvgIpc) is 2.86. The summed E-state index contributed by atoms with van der Waals surface area (Å²) in [5.41, 5.74) is 4.30. The lowest BCUT2D eigenvalue weighted by Crippen LogP contribution is -2.42. The average molecular weight is 286 g/mol. The zero-order chi connectivity index (χ0) is 14.7. The van der Waals surface area contributed by atoms with Gasteiger partial charge in [0.15, 0.2) is 0 Å². The summed E-state index contributed by atoms with van der Waals surface area (Å²) in [7, 11) is 0. The summed E-state index contributed by atoms with van der Waals surface area (Å²) in [6.45, 7) is 10.8. The van der Waals surface area contributed by atoms with Crippen LogP contribution in [0.2, 0.25) is 0 Å². The highest BCUT2D eigenvalue weighted by Crippen LogP contribution is 2.23. The van der Waals surface area contributed by atoms with Gasteiger partial charge in [-0.05, 0) is 64.7 Å². The largest absolute Gasteiger partial charge is 0.302 e. The number of aryl methyl sites for hydroxylation is 2. The highest BCUT2D eigenvalue weighted by atomic mass is 15.2. The van der Waals surface area contributed by atoms with Crippen LogP contribution in [0.3, 0.4) is 0 Å². The fourth-order valence-corrected chi connectivity index (χ4v) is 4.14. The Morgan fingerprint density at radius 2 is 1.62 bits per heavy atom. The van der Waals surface area contributed by atoms with Crippen molar-refractivity contribution >= 4 is 0 Å². The van der Waals surface area contributed by atoms with Crippen LogP contribution in [0, 0.1) is 13.8 Å². The zero-order valence-electron chi connectivity index (χ0n) is 13.8. The van der Waals surface area contributed by atoms with E-state index in [1.807, 2.05) is 0 Å². The number of rotatable bonds is 4. The summed E-state index contributed by atoms with van der Waals surface area (Å²) in [5.74, 6) is 0. The highest BCUT2D eigenvalue weighted by molar-refractivity contribution is 5.28. The summed E-state index contributed by atoms with van der Waals surface area (Å²) >= 11 is 0. The van der Waals surface area contributed by atoms with Gasteiger partial charge in [0.25, 0.3) is 0 Å². The van der Waals surface area contributed by atoms with Gasteiger partial charge in [0.1, 0.15) is 0 Å². The maximum Gasteiger partial charge on any atom is 0.0237 e. The molecular formula is C19H30N2. The molecule has 0 radical (unpaired) electrons. The van der Waals surface area contributed by atoms with Crippen LogP contribution in [0.1, 0.15) is 48.8 Å². The van der Waals surface area contributed by atoms with Crippen molar-refractivity contribution in [3.8, 4) is 0 Å². The first kappa shape index (κ1) is 15.1. The molecular weight excluding hydrogens is 256 g/mol. The van der Waals surface area contributed by atoms with E-state index < -0.39 is 0 Å². The fourth-order valence-electron chi connectivity index (χ4n) is 4.14. The maximum absolute atomic E-state index is 2.73. The Morgan fingerprint density at radius 3 is 2.33 bits per heavy atom. The van der Waals surface area contributed by atoms with Gasteiger partial charge >= 0.3 is 0 Å². The number of nitrogens with zero attached hydrogens (tertiary/aromatic N) is 2. The first-order valence-corrected chi connectivity index (χ1v) is 8.74. The topological polar surface area (TPSA) is 6.48 Å². The van der Waals surface area contributed by atoms with Gasteiger partial charge in [0.2, 0.25) is 0 Å². The first-order chi connectivity index (χ1) is 10.2. The predicted molar refractivity (Wildman–Crippen MR) is 89.6 cm³/mol. The van der Waals surface area contributed by atoms with Gasteiger partial charge in [-0.2, -0.15) is 0 Å². The third-order valence-electron chi connectivity index (χ3n) is 5.08. The maximum atomic E-state index is 2.73. The predicted octanol–water partition coefficient (Wildman–Crippen LogP) is 3.75. The van der Waals surface area contributed by atoms with E-state index in [0.717, 1.165) is 12.6 Å². The van der Waals surface area contributed by atoms with E-state index in [4.69, 9.17) is 0 Å². The highest BCUT2D eigenvalue weighted by Gasteiger charge is 2.26. The normalized spacial score (nSPS) is 24.6. The van der Waals surface area contributed by atoms with Crippen LogP contribution in [0.25, 0.3) is 0 Å². The van der Waals surface area contributed by atoms with E-state index >= 15 is 0 Å². The summed E-state index contributed by atoms with van der Waals surface area (Å²) in [4.78, 5) is 5.43. The van der Waals surface area contributed by atoms with Crippen molar-refractivity contribution in [3.63, 3.8) is 0 Å². The Hall–Kier alpha value is -0.860. The van der Waals surface area contributed by atoms with Crippen molar-refractivity contribution in [2.24, 2.45) is 0 Å². The van der Waals surface area contributed by atoms with E-state index in [-0.39, 0.29) is 0 Å². The molecule has 21 heavy (non-hydrogen) atoms. The van der Waals surface area contributed by atoms with Crippen molar-refractivity contribution in [3.05, 3.63) is 34.9 Å². The van der Waals surface area contributed by atoms with Crippen LogP contribution in [0.4, 0.5) is 0 Å². The van der Waals surface area contributed by atoms with E-state index in [2.05, 4.69) is 41.8 Å². The molecule has 2 fully saturated rings. The molecule has 0 saturated carbocycles. The van der Waals surface area contributed by atoms with Gasteiger partial charge in [-0.3, -0.25) is 4.90 Å². The lowest BCUT2D eigenvalue weighted by molar-refractivity contribution is 0.149. The second kappa shape index (κ2) is 6.93. The fraction of sp³-hybridized carbons (Fsp3) is 0.684. The minimum atomic E-state index is 0.781. The summed E-state index contributed by atoms with van der Waals surface area (Å²) in [6, 6.07) is 7.79. The minimum absolute atomic E-state index is 0.781. The lowest BCUT2D eigenvalue weighted by Gasteiger charge is -2.33. The van der Waals surface area contributed by atoms with Crippen molar-refractivity contribution in [2.75, 3.05) is 26.2 Å². The molecule has 2 aliphatic rings. The number of likely N-dealkylation sites (tertiary alicyclic amines) is 2. The van der Waals surface area contributed by atoms with Gasteiger partial charge in [-0.25, -0.2) is 0 Å². The van der Waals surface area contributed by atoms with Crippen molar-refractivity contribution in [1.82, 2.24) is 9.80 Å². The minimum Gasteiger partial charge on any atom is -0.302 e. The SMILES string of the molecule is Cc1cc(C)cc(CN2CCCC2CN2CCCCC2)c1. The van der Waals surface area contributed by atoms with Gasteiger partial charge in [-0.1, -0.05) is 35.7 Å². The molecule has 2 nitrogen and oxygen atoms in total. The molecule has 3 rings (SSSR count). The smallest absolute Gasteiger partial charge is 0.0237 e. The molecule has 1 unspecified atom stereocenters. The first-order valence-electron chi connectivity index (χ1n) is 8.74. The Balaban J connectivity index is 1.60. The van der Waals surface area contributed by atoms with Gasteiger partial charge < -0.3 is 4.90 Å². The van der Waals surface area contributed by atoms with Crippen LogP contribution in [0.15, 0.2) is 18.2 Å². The van der Waals surface area contributed by atoms with Gasteiger partial charge in [0.05, 0.1) is 0 Å². The third kappa shape index (κ3) is 4.08. The molecule has 0 bridgehead atoms. The number of hydrogen-bond acceptors (Lipinski definition) is 2. The number of piperidine rings is 1. The molecule has 0 aromatic heterocycles. The second-order valence-corrected chi connectivity index (χ2v) is 7.12. The Morgan fingerprint density at radius 1 is 0.905 bits per heavy atom. The van der Waals surface area contributed by atoms with Gasteiger partial charge in [0, 0.05) is 19.1 Å². The third-order valence-corrected chi connectivity index (χ3v) is 5.08. The summed E-state index contributed by atoms with van der Waals surface area (Å²) in [6.07, 6.45) is 7.02. The summed E-state index contributed by atoms with van der Waals surface area (Å²) in [5, 5.41) is 0. The molecule has 1 atom stereocenters.